The van der Waals surface area contributed by atoms with E-state index in [1.54, 1.807) is 6.07 Å². The van der Waals surface area contributed by atoms with Gasteiger partial charge < -0.3 is 4.74 Å². The van der Waals surface area contributed by atoms with Crippen molar-refractivity contribution in [2.24, 2.45) is 11.8 Å². The predicted molar refractivity (Wildman–Crippen MR) is 105 cm³/mol. The second kappa shape index (κ2) is 11.2. The largest absolute Gasteiger partial charge is 0.493 e. The van der Waals surface area contributed by atoms with Gasteiger partial charge in [-0.05, 0) is 62.1 Å². The van der Waals surface area contributed by atoms with Crippen LogP contribution in [0, 0.1) is 11.8 Å². The Morgan fingerprint density at radius 3 is 2.74 bits per heavy atom. The fourth-order valence-electron chi connectivity index (χ4n) is 3.60. The summed E-state index contributed by atoms with van der Waals surface area (Å²) < 4.78 is 43.6. The van der Waals surface area contributed by atoms with Gasteiger partial charge in [0.25, 0.3) is 0 Å². The van der Waals surface area contributed by atoms with Crippen molar-refractivity contribution < 1.29 is 17.9 Å². The Morgan fingerprint density at radius 2 is 1.96 bits per heavy atom. The van der Waals surface area contributed by atoms with Gasteiger partial charge in [-0.3, -0.25) is 0 Å². The van der Waals surface area contributed by atoms with Crippen LogP contribution in [0.4, 0.5) is 13.2 Å². The highest BCUT2D eigenvalue weighted by Gasteiger charge is 2.30. The van der Waals surface area contributed by atoms with E-state index >= 15 is 0 Å². The van der Waals surface area contributed by atoms with E-state index in [2.05, 4.69) is 31.2 Å². The summed E-state index contributed by atoms with van der Waals surface area (Å²) in [6.45, 7) is 2.61. The topological polar surface area (TPSA) is 9.23 Å². The average Bonchev–Trinajstić information content (AvgIpc) is 3.08. The van der Waals surface area contributed by atoms with Gasteiger partial charge in [-0.2, -0.15) is 13.2 Å². The Kier molecular flexibility index (Phi) is 8.96. The monoisotopic (exact) mass is 380 g/mol. The van der Waals surface area contributed by atoms with Crippen molar-refractivity contribution in [3.8, 4) is 5.75 Å². The smallest absolute Gasteiger partial charge is 0.416 e. The molecule has 4 heteroatoms. The van der Waals surface area contributed by atoms with Crippen molar-refractivity contribution >= 4 is 0 Å². The molecule has 0 heterocycles. The zero-order valence-corrected chi connectivity index (χ0v) is 16.2. The molecular formula is C23H31F3O. The SMILES string of the molecule is CCCC/C=C\C[C@H]1CCCC1/C=C/CCOc1cccc(C(F)(F)F)c1. The van der Waals surface area contributed by atoms with E-state index in [1.807, 2.05) is 0 Å². The van der Waals surface area contributed by atoms with Gasteiger partial charge in [0.05, 0.1) is 12.2 Å². The minimum absolute atomic E-state index is 0.272. The summed E-state index contributed by atoms with van der Waals surface area (Å²) in [6, 6.07) is 5.06. The van der Waals surface area contributed by atoms with Gasteiger partial charge in [0.15, 0.2) is 0 Å². The van der Waals surface area contributed by atoms with Gasteiger partial charge >= 0.3 is 6.18 Å². The normalized spacial score (nSPS) is 20.7. The van der Waals surface area contributed by atoms with Gasteiger partial charge in [-0.25, -0.2) is 0 Å². The third-order valence-corrected chi connectivity index (χ3v) is 5.15. The Hall–Kier alpha value is -1.71. The predicted octanol–water partition coefficient (Wildman–Crippen LogP) is 7.58. The van der Waals surface area contributed by atoms with Crippen molar-refractivity contribution in [3.63, 3.8) is 0 Å². The number of unbranched alkanes of at least 4 members (excludes halogenated alkanes) is 2. The minimum atomic E-state index is -4.33. The standard InChI is InChI=1S/C23H31F3O/c1-2-3-4-5-6-11-19-13-9-14-20(19)12-7-8-17-27-22-16-10-15-21(18-22)23(24,25)26/h5-7,10,12,15-16,18-20H,2-4,8-9,11,13-14,17H2,1H3/b6-5-,12-7+/t19-,20?/m0/s1. The zero-order chi connectivity index (χ0) is 19.5. The van der Waals surface area contributed by atoms with Gasteiger partial charge in [-0.1, -0.05) is 56.6 Å². The van der Waals surface area contributed by atoms with Crippen molar-refractivity contribution in [1.82, 2.24) is 0 Å². The Balaban J connectivity index is 1.71. The number of rotatable bonds is 10. The van der Waals surface area contributed by atoms with Gasteiger partial charge in [-0.15, -0.1) is 0 Å². The highest BCUT2D eigenvalue weighted by Crippen LogP contribution is 2.35. The molecule has 1 aromatic rings. The number of allylic oxidation sites excluding steroid dienone is 3. The molecule has 1 nitrogen and oxygen atoms in total. The number of halogens is 3. The number of ether oxygens (including phenoxy) is 1. The second-order valence-electron chi connectivity index (χ2n) is 7.30. The molecule has 0 aromatic heterocycles. The fourth-order valence-corrected chi connectivity index (χ4v) is 3.60. The van der Waals surface area contributed by atoms with Gasteiger partial charge in [0.2, 0.25) is 0 Å². The number of hydrogen-bond acceptors (Lipinski definition) is 1. The maximum Gasteiger partial charge on any atom is 0.416 e. The van der Waals surface area contributed by atoms with Crippen molar-refractivity contribution in [2.45, 2.75) is 64.5 Å². The second-order valence-corrected chi connectivity index (χ2v) is 7.30. The Bertz CT molecular complexity index is 604. The van der Waals surface area contributed by atoms with Crippen LogP contribution in [0.5, 0.6) is 5.75 Å². The maximum absolute atomic E-state index is 12.7. The first kappa shape index (κ1) is 21.6. The average molecular weight is 380 g/mol. The summed E-state index contributed by atoms with van der Waals surface area (Å²) in [7, 11) is 0. The van der Waals surface area contributed by atoms with Crippen LogP contribution in [0.3, 0.4) is 0 Å². The van der Waals surface area contributed by atoms with E-state index in [-0.39, 0.29) is 5.75 Å². The Morgan fingerprint density at radius 1 is 1.11 bits per heavy atom. The summed E-state index contributed by atoms with van der Waals surface area (Å²) in [6.07, 6.45) is 14.1. The maximum atomic E-state index is 12.7. The summed E-state index contributed by atoms with van der Waals surface area (Å²) in [4.78, 5) is 0. The molecular weight excluding hydrogens is 349 g/mol. The Labute approximate surface area is 161 Å². The van der Waals surface area contributed by atoms with E-state index in [0.29, 0.717) is 18.9 Å². The molecule has 150 valence electrons. The first-order chi connectivity index (χ1) is 13.0. The number of hydrogen-bond donors (Lipinski definition) is 0. The molecule has 1 aromatic carbocycles. The minimum Gasteiger partial charge on any atom is -0.493 e. The number of alkyl halides is 3. The van der Waals surface area contributed by atoms with E-state index in [1.165, 1.54) is 44.6 Å². The fraction of sp³-hybridized carbons (Fsp3) is 0.565. The molecule has 2 rings (SSSR count). The van der Waals surface area contributed by atoms with E-state index in [4.69, 9.17) is 4.74 Å². The van der Waals surface area contributed by atoms with Crippen molar-refractivity contribution in [3.05, 3.63) is 54.1 Å². The van der Waals surface area contributed by atoms with Crippen LogP contribution in [-0.4, -0.2) is 6.61 Å². The summed E-state index contributed by atoms with van der Waals surface area (Å²) in [5.41, 5.74) is -0.670. The third-order valence-electron chi connectivity index (χ3n) is 5.15. The molecule has 0 spiro atoms. The molecule has 1 fully saturated rings. The molecule has 1 aliphatic rings. The quantitative estimate of drug-likeness (QED) is 0.300. The van der Waals surface area contributed by atoms with Gasteiger partial charge in [0, 0.05) is 0 Å². The molecule has 0 bridgehead atoms. The highest BCUT2D eigenvalue weighted by atomic mass is 19.4. The first-order valence-corrected chi connectivity index (χ1v) is 10.1. The zero-order valence-electron chi connectivity index (χ0n) is 16.2. The van der Waals surface area contributed by atoms with Crippen molar-refractivity contribution in [1.29, 1.82) is 0 Å². The molecule has 0 amide bonds. The molecule has 2 atom stereocenters. The molecule has 0 radical (unpaired) electrons. The lowest BCUT2D eigenvalue weighted by atomic mass is 9.92. The summed E-state index contributed by atoms with van der Waals surface area (Å²) in [5, 5.41) is 0. The van der Waals surface area contributed by atoms with E-state index < -0.39 is 11.7 Å². The van der Waals surface area contributed by atoms with Crippen LogP contribution in [-0.2, 0) is 6.18 Å². The summed E-state index contributed by atoms with van der Waals surface area (Å²) >= 11 is 0. The molecule has 0 aliphatic heterocycles. The van der Waals surface area contributed by atoms with E-state index in [0.717, 1.165) is 24.5 Å². The third kappa shape index (κ3) is 7.82. The summed E-state index contributed by atoms with van der Waals surface area (Å²) in [5.74, 6) is 1.62. The highest BCUT2D eigenvalue weighted by molar-refractivity contribution is 5.30. The van der Waals surface area contributed by atoms with Gasteiger partial charge in [0.1, 0.15) is 5.75 Å². The molecule has 1 unspecified atom stereocenters. The van der Waals surface area contributed by atoms with Crippen LogP contribution >= 0.6 is 0 Å². The lowest BCUT2D eigenvalue weighted by molar-refractivity contribution is -0.137. The molecule has 0 saturated heterocycles. The van der Waals surface area contributed by atoms with Crippen LogP contribution in [0.2, 0.25) is 0 Å². The molecule has 27 heavy (non-hydrogen) atoms. The molecule has 1 aliphatic carbocycles. The van der Waals surface area contributed by atoms with Crippen LogP contribution in [0.1, 0.15) is 63.9 Å². The molecule has 0 N–H and O–H groups in total. The van der Waals surface area contributed by atoms with Crippen LogP contribution in [0.15, 0.2) is 48.6 Å². The van der Waals surface area contributed by atoms with E-state index in [9.17, 15) is 13.2 Å². The van der Waals surface area contributed by atoms with Crippen LogP contribution in [0.25, 0.3) is 0 Å². The van der Waals surface area contributed by atoms with Crippen molar-refractivity contribution in [2.75, 3.05) is 6.61 Å². The lowest BCUT2D eigenvalue weighted by Crippen LogP contribution is -2.05. The number of benzene rings is 1. The lowest BCUT2D eigenvalue weighted by Gasteiger charge is -2.14. The molecule has 1 saturated carbocycles. The first-order valence-electron chi connectivity index (χ1n) is 10.1. The van der Waals surface area contributed by atoms with Crippen LogP contribution < -0.4 is 4.74 Å².